The Labute approximate surface area is 170 Å². The number of H-pyrrole nitrogens is 1. The molecule has 5 nitrogen and oxygen atoms in total. The van der Waals surface area contributed by atoms with Gasteiger partial charge in [-0.05, 0) is 41.4 Å². The van der Waals surface area contributed by atoms with Crippen LogP contribution in [0, 0.1) is 10.1 Å². The summed E-state index contributed by atoms with van der Waals surface area (Å²) in [6.07, 6.45) is 0. The predicted octanol–water partition coefficient (Wildman–Crippen LogP) is 6.04. The van der Waals surface area contributed by atoms with Crippen molar-refractivity contribution in [1.82, 2.24) is 4.98 Å². The van der Waals surface area contributed by atoms with Crippen LogP contribution >= 0.6 is 23.6 Å². The SMILES string of the molecule is O=[N+]([O-])CC(c1cccs1)c1c(-c2ccccc2)[nH]c2cc(N=C=S)ccc12. The van der Waals surface area contributed by atoms with Crippen LogP contribution in [0.4, 0.5) is 5.69 Å². The Morgan fingerprint density at radius 2 is 2.00 bits per heavy atom. The van der Waals surface area contributed by atoms with Gasteiger partial charge in [-0.15, -0.1) is 11.3 Å². The molecule has 0 saturated carbocycles. The average Bonchev–Trinajstić information content (AvgIpc) is 3.35. The average molecular weight is 406 g/mol. The summed E-state index contributed by atoms with van der Waals surface area (Å²) in [5.74, 6) is -0.348. The van der Waals surface area contributed by atoms with Crippen LogP contribution in [0.25, 0.3) is 22.2 Å². The molecule has 4 aromatic rings. The number of aromatic amines is 1. The maximum Gasteiger partial charge on any atom is 0.215 e. The highest BCUT2D eigenvalue weighted by Gasteiger charge is 2.28. The van der Waals surface area contributed by atoms with E-state index in [0.29, 0.717) is 5.69 Å². The Morgan fingerprint density at radius 1 is 1.18 bits per heavy atom. The second kappa shape index (κ2) is 7.86. The zero-order valence-corrected chi connectivity index (χ0v) is 16.3. The van der Waals surface area contributed by atoms with E-state index in [2.05, 4.69) is 15.1 Å². The lowest BCUT2D eigenvalue weighted by Gasteiger charge is -2.14. The summed E-state index contributed by atoms with van der Waals surface area (Å²) < 4.78 is 0. The number of aromatic nitrogens is 1. The molecule has 2 aromatic heterocycles. The van der Waals surface area contributed by atoms with Gasteiger partial charge in [0.2, 0.25) is 6.54 Å². The molecule has 0 saturated heterocycles. The summed E-state index contributed by atoms with van der Waals surface area (Å²) in [6.45, 7) is -0.173. The Morgan fingerprint density at radius 3 is 2.68 bits per heavy atom. The van der Waals surface area contributed by atoms with Crippen molar-refractivity contribution in [2.45, 2.75) is 5.92 Å². The van der Waals surface area contributed by atoms with E-state index in [-0.39, 0.29) is 17.4 Å². The third-order valence-corrected chi connectivity index (χ3v) is 5.70. The van der Waals surface area contributed by atoms with Gasteiger partial charge >= 0.3 is 0 Å². The normalized spacial score (nSPS) is 11.9. The number of aliphatic imine (C=N–C) groups is 1. The van der Waals surface area contributed by atoms with Gasteiger partial charge in [0.1, 0.15) is 0 Å². The van der Waals surface area contributed by atoms with Crippen molar-refractivity contribution in [3.8, 4) is 11.3 Å². The molecule has 0 radical (unpaired) electrons. The van der Waals surface area contributed by atoms with Crippen molar-refractivity contribution in [2.24, 2.45) is 4.99 Å². The number of thiophene rings is 1. The minimum Gasteiger partial charge on any atom is -0.354 e. The van der Waals surface area contributed by atoms with E-state index < -0.39 is 0 Å². The highest BCUT2D eigenvalue weighted by atomic mass is 32.1. The van der Waals surface area contributed by atoms with Gasteiger partial charge in [-0.3, -0.25) is 10.1 Å². The first kappa shape index (κ1) is 18.3. The van der Waals surface area contributed by atoms with Crippen molar-refractivity contribution >= 4 is 45.3 Å². The highest BCUT2D eigenvalue weighted by molar-refractivity contribution is 7.78. The van der Waals surface area contributed by atoms with Crippen LogP contribution in [0.1, 0.15) is 16.4 Å². The lowest BCUT2D eigenvalue weighted by atomic mass is 9.92. The number of nitrogens with one attached hydrogen (secondary N) is 1. The molecule has 0 aliphatic carbocycles. The molecule has 4 rings (SSSR count). The fourth-order valence-corrected chi connectivity index (χ4v) is 4.42. The third-order valence-electron chi connectivity index (χ3n) is 4.63. The van der Waals surface area contributed by atoms with Gasteiger partial charge < -0.3 is 4.98 Å². The van der Waals surface area contributed by atoms with E-state index in [1.165, 1.54) is 11.3 Å². The summed E-state index contributed by atoms with van der Waals surface area (Å²) in [5, 5.41) is 16.8. The summed E-state index contributed by atoms with van der Waals surface area (Å²) in [6, 6.07) is 19.4. The van der Waals surface area contributed by atoms with Crippen LogP contribution in [0.5, 0.6) is 0 Å². The van der Waals surface area contributed by atoms with Crippen LogP contribution in [0.2, 0.25) is 0 Å². The molecule has 0 aliphatic heterocycles. The number of nitrogens with zero attached hydrogens (tertiary/aromatic N) is 2. The van der Waals surface area contributed by atoms with Crippen molar-refractivity contribution in [3.05, 3.63) is 86.6 Å². The molecule has 2 aromatic carbocycles. The summed E-state index contributed by atoms with van der Waals surface area (Å²) in [5.41, 5.74) is 4.36. The summed E-state index contributed by atoms with van der Waals surface area (Å²) >= 11 is 6.24. The number of thiocarbonyl (C=S) groups is 1. The monoisotopic (exact) mass is 405 g/mol. The van der Waals surface area contributed by atoms with Gasteiger partial charge in [0.05, 0.1) is 22.5 Å². The number of isothiocyanates is 1. The number of fused-ring (bicyclic) bond motifs is 1. The van der Waals surface area contributed by atoms with Gasteiger partial charge in [0.15, 0.2) is 0 Å². The van der Waals surface area contributed by atoms with Crippen LogP contribution in [0.15, 0.2) is 71.0 Å². The van der Waals surface area contributed by atoms with Gasteiger partial charge in [0.25, 0.3) is 0 Å². The highest BCUT2D eigenvalue weighted by Crippen LogP contribution is 2.41. The Balaban J connectivity index is 2.00. The molecule has 2 heterocycles. The van der Waals surface area contributed by atoms with Gasteiger partial charge in [-0.1, -0.05) is 42.5 Å². The van der Waals surface area contributed by atoms with Crippen LogP contribution in [0.3, 0.4) is 0 Å². The van der Waals surface area contributed by atoms with E-state index in [1.807, 2.05) is 66.0 Å². The minimum atomic E-state index is -0.348. The Bertz CT molecular complexity index is 1180. The van der Waals surface area contributed by atoms with Crippen molar-refractivity contribution in [3.63, 3.8) is 0 Å². The topological polar surface area (TPSA) is 71.3 Å². The molecule has 1 atom stereocenters. The van der Waals surface area contributed by atoms with E-state index in [4.69, 9.17) is 12.2 Å². The lowest BCUT2D eigenvalue weighted by molar-refractivity contribution is -0.481. The minimum absolute atomic E-state index is 0.173. The molecule has 0 fully saturated rings. The molecule has 7 heteroatoms. The number of benzene rings is 2. The molecule has 0 bridgehead atoms. The van der Waals surface area contributed by atoms with Gasteiger partial charge in [0, 0.05) is 26.3 Å². The van der Waals surface area contributed by atoms with Crippen molar-refractivity contribution < 1.29 is 4.92 Å². The smallest absolute Gasteiger partial charge is 0.215 e. The fraction of sp³-hybridized carbons (Fsp3) is 0.0952. The molecular formula is C21H15N3O2S2. The Hall–Kier alpha value is -3.12. The predicted molar refractivity (Wildman–Crippen MR) is 116 cm³/mol. The zero-order valence-electron chi connectivity index (χ0n) is 14.7. The molecule has 0 aliphatic rings. The van der Waals surface area contributed by atoms with Gasteiger partial charge in [-0.25, -0.2) is 0 Å². The van der Waals surface area contributed by atoms with Crippen LogP contribution in [-0.4, -0.2) is 21.6 Å². The van der Waals surface area contributed by atoms with E-state index in [0.717, 1.165) is 32.6 Å². The number of nitro groups is 1. The van der Waals surface area contributed by atoms with E-state index in [1.54, 1.807) is 0 Å². The number of hydrogen-bond acceptors (Lipinski definition) is 5. The van der Waals surface area contributed by atoms with E-state index in [9.17, 15) is 10.1 Å². The van der Waals surface area contributed by atoms with Crippen LogP contribution in [-0.2, 0) is 0 Å². The molecule has 1 N–H and O–H groups in total. The molecule has 28 heavy (non-hydrogen) atoms. The molecule has 0 amide bonds. The quantitative estimate of drug-likeness (QED) is 0.184. The zero-order chi connectivity index (χ0) is 19.5. The van der Waals surface area contributed by atoms with Crippen molar-refractivity contribution in [2.75, 3.05) is 6.54 Å². The molecular weight excluding hydrogens is 390 g/mol. The maximum absolute atomic E-state index is 11.5. The number of rotatable bonds is 6. The first-order valence-corrected chi connectivity index (χ1v) is 9.90. The first-order valence-electron chi connectivity index (χ1n) is 8.61. The fourth-order valence-electron chi connectivity index (χ4n) is 3.49. The molecule has 1 unspecified atom stereocenters. The standard InChI is InChI=1S/C21H15N3O2S2/c25-24(26)12-17(19-7-4-10-28-19)20-16-9-8-15(22-13-27)11-18(16)23-21(20)14-5-2-1-3-6-14/h1-11,17,23H,12H2. The third kappa shape index (κ3) is 3.51. The van der Waals surface area contributed by atoms with Crippen LogP contribution < -0.4 is 0 Å². The van der Waals surface area contributed by atoms with Crippen molar-refractivity contribution in [1.29, 1.82) is 0 Å². The largest absolute Gasteiger partial charge is 0.354 e. The van der Waals surface area contributed by atoms with Gasteiger partial charge in [-0.2, -0.15) is 4.99 Å². The summed E-state index contributed by atoms with van der Waals surface area (Å²) in [4.78, 5) is 19.7. The molecule has 138 valence electrons. The Kier molecular flexibility index (Phi) is 5.12. The molecule has 0 spiro atoms. The second-order valence-corrected chi connectivity index (χ2v) is 7.46. The lowest BCUT2D eigenvalue weighted by Crippen LogP contribution is -2.13. The van der Waals surface area contributed by atoms with E-state index >= 15 is 0 Å². The first-order chi connectivity index (χ1) is 13.7. The summed E-state index contributed by atoms with van der Waals surface area (Å²) in [7, 11) is 0. The number of hydrogen-bond donors (Lipinski definition) is 1. The second-order valence-electron chi connectivity index (χ2n) is 6.30. The maximum atomic E-state index is 11.5.